The molecule has 0 heterocycles. The fraction of sp³-hybridized carbons (Fsp3) is 0.600. The fourth-order valence-electron chi connectivity index (χ4n) is 2.69. The van der Waals surface area contributed by atoms with E-state index in [2.05, 4.69) is 46.3 Å². The zero-order chi connectivity index (χ0) is 11.2. The molecule has 88 valence electrons. The lowest BCUT2D eigenvalue weighted by molar-refractivity contribution is 0.374. The summed E-state index contributed by atoms with van der Waals surface area (Å²) in [5.74, 6) is 0.836. The smallest absolute Gasteiger partial charge is 0.0423 e. The van der Waals surface area contributed by atoms with E-state index < -0.39 is 0 Å². The third-order valence-electron chi connectivity index (χ3n) is 3.68. The van der Waals surface area contributed by atoms with Gasteiger partial charge in [0.1, 0.15) is 0 Å². The van der Waals surface area contributed by atoms with Gasteiger partial charge in [-0.3, -0.25) is 0 Å². The molecule has 0 N–H and O–H groups in total. The molecule has 0 aromatic heterocycles. The minimum atomic E-state index is 0.562. The van der Waals surface area contributed by atoms with Crippen molar-refractivity contribution >= 4 is 15.9 Å². The van der Waals surface area contributed by atoms with Crippen LogP contribution in [-0.4, -0.2) is 0 Å². The molecule has 1 unspecified atom stereocenters. The number of rotatable bonds is 2. The molecule has 1 aromatic rings. The average Bonchev–Trinajstić information content (AvgIpc) is 2.29. The summed E-state index contributed by atoms with van der Waals surface area (Å²) in [5, 5.41) is 0. The second kappa shape index (κ2) is 6.44. The summed E-state index contributed by atoms with van der Waals surface area (Å²) in [5.41, 5.74) is 1.45. The van der Waals surface area contributed by atoms with Crippen molar-refractivity contribution in [2.45, 2.75) is 49.8 Å². The Hall–Kier alpha value is -0.300. The summed E-state index contributed by atoms with van der Waals surface area (Å²) in [4.78, 5) is 0.562. The molecule has 1 fully saturated rings. The highest BCUT2D eigenvalue weighted by Crippen LogP contribution is 2.38. The first kappa shape index (κ1) is 12.2. The second-order valence-electron chi connectivity index (χ2n) is 4.92. The van der Waals surface area contributed by atoms with Gasteiger partial charge in [-0.15, -0.1) is 0 Å². The summed E-state index contributed by atoms with van der Waals surface area (Å²) < 4.78 is 0. The molecular weight excluding hydrogens is 260 g/mol. The summed E-state index contributed by atoms with van der Waals surface area (Å²) in [6.45, 7) is 0. The Morgan fingerprint density at radius 3 is 2.06 bits per heavy atom. The van der Waals surface area contributed by atoms with Crippen LogP contribution < -0.4 is 0 Å². The topological polar surface area (TPSA) is 0 Å². The molecule has 2 rings (SSSR count). The van der Waals surface area contributed by atoms with E-state index in [1.807, 2.05) is 0 Å². The summed E-state index contributed by atoms with van der Waals surface area (Å²) in [6, 6.07) is 10.9. The van der Waals surface area contributed by atoms with Crippen molar-refractivity contribution in [2.75, 3.05) is 0 Å². The number of hydrogen-bond donors (Lipinski definition) is 0. The van der Waals surface area contributed by atoms with Gasteiger partial charge in [0, 0.05) is 4.83 Å². The Balaban J connectivity index is 1.99. The van der Waals surface area contributed by atoms with Crippen LogP contribution in [0.3, 0.4) is 0 Å². The standard InChI is InChI=1S/C15H21Br/c16-15(14-11-7-4-8-12-14)13-9-5-2-1-3-6-10-13/h4,7-8,11-13,15H,1-3,5-6,9-10H2. The maximum atomic E-state index is 3.91. The maximum absolute atomic E-state index is 3.91. The molecule has 16 heavy (non-hydrogen) atoms. The molecule has 0 aliphatic heterocycles. The van der Waals surface area contributed by atoms with Gasteiger partial charge in [-0.05, 0) is 24.3 Å². The number of hydrogen-bond acceptors (Lipinski definition) is 0. The first-order valence-electron chi connectivity index (χ1n) is 6.57. The van der Waals surface area contributed by atoms with E-state index in [1.165, 1.54) is 50.5 Å². The normalized spacial score (nSPS) is 21.1. The lowest BCUT2D eigenvalue weighted by Crippen LogP contribution is -2.09. The molecule has 1 aromatic carbocycles. The van der Waals surface area contributed by atoms with Crippen LogP contribution in [0.1, 0.15) is 55.3 Å². The lowest BCUT2D eigenvalue weighted by atomic mass is 9.86. The monoisotopic (exact) mass is 280 g/mol. The van der Waals surface area contributed by atoms with E-state index in [1.54, 1.807) is 0 Å². The van der Waals surface area contributed by atoms with Crippen LogP contribution in [0.2, 0.25) is 0 Å². The zero-order valence-electron chi connectivity index (χ0n) is 9.87. The zero-order valence-corrected chi connectivity index (χ0v) is 11.5. The fourth-order valence-corrected chi connectivity index (χ4v) is 3.52. The van der Waals surface area contributed by atoms with Gasteiger partial charge >= 0.3 is 0 Å². The number of halogens is 1. The Morgan fingerprint density at radius 1 is 0.875 bits per heavy atom. The summed E-state index contributed by atoms with van der Waals surface area (Å²) >= 11 is 3.91. The van der Waals surface area contributed by atoms with E-state index in [-0.39, 0.29) is 0 Å². The minimum absolute atomic E-state index is 0.562. The van der Waals surface area contributed by atoms with Gasteiger partial charge in [-0.25, -0.2) is 0 Å². The Morgan fingerprint density at radius 2 is 1.44 bits per heavy atom. The van der Waals surface area contributed by atoms with Gasteiger partial charge in [0.2, 0.25) is 0 Å². The lowest BCUT2D eigenvalue weighted by Gasteiger charge is -2.24. The molecule has 1 aliphatic carbocycles. The molecule has 1 atom stereocenters. The predicted molar refractivity (Wildman–Crippen MR) is 73.9 cm³/mol. The van der Waals surface area contributed by atoms with Crippen molar-refractivity contribution < 1.29 is 0 Å². The molecule has 0 saturated heterocycles. The Bertz CT molecular complexity index is 286. The van der Waals surface area contributed by atoms with Gasteiger partial charge in [0.05, 0.1) is 0 Å². The highest BCUT2D eigenvalue weighted by Gasteiger charge is 2.20. The summed E-state index contributed by atoms with van der Waals surface area (Å²) in [7, 11) is 0. The van der Waals surface area contributed by atoms with E-state index >= 15 is 0 Å². The van der Waals surface area contributed by atoms with Crippen LogP contribution in [0.4, 0.5) is 0 Å². The van der Waals surface area contributed by atoms with Gasteiger partial charge in [-0.1, -0.05) is 78.4 Å². The third kappa shape index (κ3) is 3.35. The Labute approximate surface area is 108 Å². The minimum Gasteiger partial charge on any atom is -0.0836 e. The number of alkyl halides is 1. The quantitative estimate of drug-likeness (QED) is 0.629. The Kier molecular flexibility index (Phi) is 4.90. The molecule has 0 radical (unpaired) electrons. The largest absolute Gasteiger partial charge is 0.0836 e. The van der Waals surface area contributed by atoms with Gasteiger partial charge < -0.3 is 0 Å². The van der Waals surface area contributed by atoms with Crippen LogP contribution in [0.25, 0.3) is 0 Å². The van der Waals surface area contributed by atoms with Gasteiger partial charge in [0.25, 0.3) is 0 Å². The molecule has 1 heteroatoms. The van der Waals surface area contributed by atoms with Crippen molar-refractivity contribution in [3.05, 3.63) is 35.9 Å². The molecular formula is C15H21Br. The van der Waals surface area contributed by atoms with Crippen molar-refractivity contribution in [1.29, 1.82) is 0 Å². The van der Waals surface area contributed by atoms with Crippen molar-refractivity contribution in [3.8, 4) is 0 Å². The van der Waals surface area contributed by atoms with Crippen molar-refractivity contribution in [3.63, 3.8) is 0 Å². The van der Waals surface area contributed by atoms with Gasteiger partial charge in [0.15, 0.2) is 0 Å². The van der Waals surface area contributed by atoms with Crippen LogP contribution in [0.15, 0.2) is 30.3 Å². The van der Waals surface area contributed by atoms with Crippen LogP contribution >= 0.6 is 15.9 Å². The molecule has 0 amide bonds. The number of benzene rings is 1. The highest BCUT2D eigenvalue weighted by molar-refractivity contribution is 9.09. The van der Waals surface area contributed by atoms with E-state index in [0.717, 1.165) is 5.92 Å². The predicted octanol–water partition coefficient (Wildman–Crippen LogP) is 5.48. The van der Waals surface area contributed by atoms with Crippen molar-refractivity contribution in [2.24, 2.45) is 5.92 Å². The van der Waals surface area contributed by atoms with Crippen LogP contribution in [0.5, 0.6) is 0 Å². The van der Waals surface area contributed by atoms with Crippen LogP contribution in [-0.2, 0) is 0 Å². The average molecular weight is 281 g/mol. The maximum Gasteiger partial charge on any atom is 0.0423 e. The van der Waals surface area contributed by atoms with Crippen LogP contribution in [0, 0.1) is 5.92 Å². The highest BCUT2D eigenvalue weighted by atomic mass is 79.9. The first-order valence-corrected chi connectivity index (χ1v) is 7.48. The molecule has 0 bridgehead atoms. The molecule has 0 spiro atoms. The second-order valence-corrected chi connectivity index (χ2v) is 5.90. The first-order chi connectivity index (χ1) is 7.88. The van der Waals surface area contributed by atoms with E-state index in [9.17, 15) is 0 Å². The SMILES string of the molecule is BrC(c1ccccc1)C1CCCCCCC1. The summed E-state index contributed by atoms with van der Waals surface area (Å²) in [6.07, 6.45) is 9.94. The molecule has 0 nitrogen and oxygen atoms in total. The van der Waals surface area contributed by atoms with E-state index in [4.69, 9.17) is 0 Å². The molecule has 1 saturated carbocycles. The molecule has 1 aliphatic rings. The van der Waals surface area contributed by atoms with Gasteiger partial charge in [-0.2, -0.15) is 0 Å². The van der Waals surface area contributed by atoms with E-state index in [0.29, 0.717) is 4.83 Å². The van der Waals surface area contributed by atoms with Crippen molar-refractivity contribution in [1.82, 2.24) is 0 Å². The third-order valence-corrected chi connectivity index (χ3v) is 4.96.